The zero-order chi connectivity index (χ0) is 13.9. The molecule has 0 saturated heterocycles. The number of hydrogen-bond acceptors (Lipinski definition) is 5. The predicted molar refractivity (Wildman–Crippen MR) is 71.5 cm³/mol. The van der Waals surface area contributed by atoms with E-state index in [9.17, 15) is 9.59 Å². The molecule has 0 rings (SSSR count). The molecular weight excluding hydrogens is 254 g/mol. The largest absolute Gasteiger partial charge is 0.520 e. The van der Waals surface area contributed by atoms with Crippen molar-refractivity contribution < 1.29 is 18.4 Å². The third kappa shape index (κ3) is 9.07. The Labute approximate surface area is 105 Å². The smallest absolute Gasteiger partial charge is 0.310 e. The Kier molecular flexibility index (Phi) is 5.56. The average molecular weight is 277 g/mol. The van der Waals surface area contributed by atoms with Gasteiger partial charge in [-0.25, -0.2) is 0 Å². The zero-order valence-corrected chi connectivity index (χ0v) is 13.5. The molecule has 0 fully saturated rings. The maximum atomic E-state index is 11.6. The Morgan fingerprint density at radius 2 is 1.41 bits per heavy atom. The number of nitrogens with two attached hydrogens (primary N) is 1. The third-order valence-electron chi connectivity index (χ3n) is 1.52. The Morgan fingerprint density at radius 3 is 1.76 bits per heavy atom. The second-order valence-electron chi connectivity index (χ2n) is 5.93. The molecule has 0 radical (unpaired) electrons. The molecule has 0 aromatic carbocycles. The van der Waals surface area contributed by atoms with Crippen LogP contribution in [0.4, 0.5) is 0 Å². The molecule has 0 saturated carbocycles. The van der Waals surface area contributed by atoms with Crippen molar-refractivity contribution in [3.8, 4) is 0 Å². The molecule has 0 spiro atoms. The van der Waals surface area contributed by atoms with E-state index in [0.717, 1.165) is 0 Å². The van der Waals surface area contributed by atoms with Gasteiger partial charge in [-0.3, -0.25) is 9.59 Å². The van der Waals surface area contributed by atoms with Crippen molar-refractivity contribution in [2.45, 2.75) is 51.7 Å². The first kappa shape index (κ1) is 16.3. The van der Waals surface area contributed by atoms with Crippen molar-refractivity contribution in [3.63, 3.8) is 0 Å². The lowest BCUT2D eigenvalue weighted by Crippen LogP contribution is -2.42. The molecule has 0 aliphatic heterocycles. The van der Waals surface area contributed by atoms with E-state index in [1.54, 1.807) is 0 Å². The molecule has 1 unspecified atom stereocenters. The fourth-order valence-electron chi connectivity index (χ4n) is 1.02. The lowest BCUT2D eigenvalue weighted by Gasteiger charge is -2.22. The van der Waals surface area contributed by atoms with Crippen LogP contribution in [0.1, 0.15) is 6.42 Å². The molecular formula is C10H23NO4Si2. The lowest BCUT2D eigenvalue weighted by molar-refractivity contribution is -0.142. The van der Waals surface area contributed by atoms with E-state index in [1.807, 2.05) is 39.3 Å². The van der Waals surface area contributed by atoms with Crippen molar-refractivity contribution in [1.82, 2.24) is 0 Å². The van der Waals surface area contributed by atoms with Crippen LogP contribution >= 0.6 is 0 Å². The maximum absolute atomic E-state index is 11.6. The molecule has 5 nitrogen and oxygen atoms in total. The number of carbonyl (C=O) groups is 2. The van der Waals surface area contributed by atoms with E-state index >= 15 is 0 Å². The molecule has 7 heteroatoms. The van der Waals surface area contributed by atoms with Crippen LogP contribution in [0.25, 0.3) is 0 Å². The Bertz CT molecular complexity index is 294. The summed E-state index contributed by atoms with van der Waals surface area (Å²) < 4.78 is 10.4. The van der Waals surface area contributed by atoms with Crippen LogP contribution in [-0.4, -0.2) is 34.6 Å². The Balaban J connectivity index is 4.22. The van der Waals surface area contributed by atoms with Gasteiger partial charge in [0.15, 0.2) is 0 Å². The molecule has 100 valence electrons. The quantitative estimate of drug-likeness (QED) is 0.770. The van der Waals surface area contributed by atoms with Crippen LogP contribution in [0, 0.1) is 0 Å². The molecule has 0 aliphatic rings. The van der Waals surface area contributed by atoms with Crippen molar-refractivity contribution >= 4 is 28.6 Å². The number of carbonyl (C=O) groups excluding carboxylic acids is 2. The average Bonchev–Trinajstić information content (AvgIpc) is 1.95. The van der Waals surface area contributed by atoms with Crippen LogP contribution in [0.15, 0.2) is 0 Å². The SMILES string of the molecule is C[Si](C)(C)OC(=O)CC(N)C(=O)O[Si](C)(C)C. The fourth-order valence-corrected chi connectivity index (χ4v) is 2.54. The van der Waals surface area contributed by atoms with Crippen LogP contribution < -0.4 is 5.73 Å². The van der Waals surface area contributed by atoms with E-state index < -0.39 is 34.6 Å². The van der Waals surface area contributed by atoms with Gasteiger partial charge < -0.3 is 14.6 Å². The van der Waals surface area contributed by atoms with Gasteiger partial charge in [0.25, 0.3) is 5.97 Å². The monoisotopic (exact) mass is 277 g/mol. The van der Waals surface area contributed by atoms with Gasteiger partial charge in [0.1, 0.15) is 6.04 Å². The van der Waals surface area contributed by atoms with Crippen LogP contribution in [-0.2, 0) is 18.4 Å². The Hall–Kier alpha value is -0.666. The molecule has 0 aliphatic carbocycles. The van der Waals surface area contributed by atoms with Gasteiger partial charge in [-0.1, -0.05) is 0 Å². The second kappa shape index (κ2) is 5.79. The topological polar surface area (TPSA) is 78.6 Å². The van der Waals surface area contributed by atoms with Crippen LogP contribution in [0.5, 0.6) is 0 Å². The molecule has 0 bridgehead atoms. The van der Waals surface area contributed by atoms with Crippen LogP contribution in [0.3, 0.4) is 0 Å². The third-order valence-corrected chi connectivity index (χ3v) is 3.17. The Morgan fingerprint density at radius 1 is 1.00 bits per heavy atom. The molecule has 17 heavy (non-hydrogen) atoms. The highest BCUT2D eigenvalue weighted by Crippen LogP contribution is 2.08. The van der Waals surface area contributed by atoms with Gasteiger partial charge in [0.05, 0.1) is 6.42 Å². The maximum Gasteiger partial charge on any atom is 0.310 e. The summed E-state index contributed by atoms with van der Waals surface area (Å²) in [5.74, 6) is -0.944. The first-order valence-corrected chi connectivity index (χ1v) is 12.4. The standard InChI is InChI=1S/C10H23NO4Si2/c1-16(2,3)14-9(12)7-8(11)10(13)15-17(4,5)6/h8H,7,11H2,1-6H3. The number of rotatable bonds is 5. The fraction of sp³-hybridized carbons (Fsp3) is 0.800. The molecule has 0 aromatic rings. The summed E-state index contributed by atoms with van der Waals surface area (Å²) in [7, 11) is -3.87. The van der Waals surface area contributed by atoms with E-state index in [2.05, 4.69) is 0 Å². The van der Waals surface area contributed by atoms with Gasteiger partial charge in [-0.2, -0.15) is 0 Å². The highest BCUT2D eigenvalue weighted by atomic mass is 28.4. The number of hydrogen-bond donors (Lipinski definition) is 1. The first-order chi connectivity index (χ1) is 7.41. The molecule has 1 atom stereocenters. The summed E-state index contributed by atoms with van der Waals surface area (Å²) in [6, 6.07) is -0.925. The lowest BCUT2D eigenvalue weighted by atomic mass is 10.2. The molecule has 2 N–H and O–H groups in total. The highest BCUT2D eigenvalue weighted by molar-refractivity contribution is 6.71. The second-order valence-corrected chi connectivity index (χ2v) is 14.8. The normalized spacial score (nSPS) is 14.1. The molecule has 0 amide bonds. The van der Waals surface area contributed by atoms with Gasteiger partial charge in [-0.15, -0.1) is 0 Å². The minimum absolute atomic E-state index is 0.117. The van der Waals surface area contributed by atoms with Crippen molar-refractivity contribution in [2.24, 2.45) is 5.73 Å². The minimum Gasteiger partial charge on any atom is -0.520 e. The van der Waals surface area contributed by atoms with E-state index in [-0.39, 0.29) is 6.42 Å². The summed E-state index contributed by atoms with van der Waals surface area (Å²) in [5.41, 5.74) is 5.61. The van der Waals surface area contributed by atoms with Gasteiger partial charge in [0, 0.05) is 0 Å². The van der Waals surface area contributed by atoms with Crippen molar-refractivity contribution in [2.75, 3.05) is 0 Å². The summed E-state index contributed by atoms with van der Waals surface area (Å²) in [6.07, 6.45) is -0.117. The molecule has 0 heterocycles. The molecule has 0 aromatic heterocycles. The summed E-state index contributed by atoms with van der Waals surface area (Å²) in [5, 5.41) is 0. The van der Waals surface area contributed by atoms with Crippen molar-refractivity contribution in [3.05, 3.63) is 0 Å². The first-order valence-electron chi connectivity index (χ1n) is 5.61. The van der Waals surface area contributed by atoms with E-state index in [4.69, 9.17) is 14.6 Å². The minimum atomic E-state index is -1.95. The summed E-state index contributed by atoms with van der Waals surface area (Å²) in [4.78, 5) is 23.0. The highest BCUT2D eigenvalue weighted by Gasteiger charge is 2.28. The van der Waals surface area contributed by atoms with E-state index in [1.165, 1.54) is 0 Å². The summed E-state index contributed by atoms with van der Waals surface area (Å²) >= 11 is 0. The van der Waals surface area contributed by atoms with E-state index in [0.29, 0.717) is 0 Å². The van der Waals surface area contributed by atoms with Gasteiger partial charge in [-0.05, 0) is 39.3 Å². The zero-order valence-electron chi connectivity index (χ0n) is 11.5. The predicted octanol–water partition coefficient (Wildman–Crippen LogP) is 1.46. The van der Waals surface area contributed by atoms with Crippen LogP contribution in [0.2, 0.25) is 39.3 Å². The van der Waals surface area contributed by atoms with Gasteiger partial charge >= 0.3 is 5.97 Å². The van der Waals surface area contributed by atoms with Crippen molar-refractivity contribution in [1.29, 1.82) is 0 Å². The summed E-state index contributed by atoms with van der Waals surface area (Å²) in [6.45, 7) is 11.4. The van der Waals surface area contributed by atoms with Gasteiger partial charge in [0.2, 0.25) is 16.6 Å².